The molecule has 0 spiro atoms. The molecule has 1 aliphatic heterocycles. The summed E-state index contributed by atoms with van der Waals surface area (Å²) in [6.07, 6.45) is 3.60. The zero-order valence-electron chi connectivity index (χ0n) is 12.5. The average Bonchev–Trinajstić information content (AvgIpc) is 3.14. The predicted octanol–water partition coefficient (Wildman–Crippen LogP) is 0.358. The Kier molecular flexibility index (Phi) is 4.33. The average molecular weight is 279 g/mol. The lowest BCUT2D eigenvalue weighted by atomic mass is 10.1. The van der Waals surface area contributed by atoms with E-state index >= 15 is 0 Å². The Morgan fingerprint density at radius 2 is 2.15 bits per heavy atom. The van der Waals surface area contributed by atoms with E-state index in [0.29, 0.717) is 18.5 Å². The van der Waals surface area contributed by atoms with Gasteiger partial charge in [-0.2, -0.15) is 4.98 Å². The zero-order chi connectivity index (χ0) is 13.9. The van der Waals surface area contributed by atoms with Crippen LogP contribution in [-0.4, -0.2) is 66.3 Å². The molecule has 2 heterocycles. The molecule has 3 rings (SSSR count). The van der Waals surface area contributed by atoms with Crippen LogP contribution in [0.2, 0.25) is 0 Å². The maximum atomic E-state index is 5.31. The number of nitrogens with zero attached hydrogens (tertiary/aromatic N) is 4. The van der Waals surface area contributed by atoms with E-state index in [1.54, 1.807) is 0 Å². The molecule has 0 radical (unpaired) electrons. The van der Waals surface area contributed by atoms with E-state index in [4.69, 9.17) is 4.52 Å². The van der Waals surface area contributed by atoms with E-state index in [-0.39, 0.29) is 0 Å². The zero-order valence-corrected chi connectivity index (χ0v) is 12.5. The second-order valence-electron chi connectivity index (χ2n) is 6.28. The standard InChI is InChI=1S/C14H25N5O/c1-18-5-6-19(2)12(10-18)7-13-16-14(20-17-13)9-15-8-11-3-4-11/h11-12,15H,3-10H2,1-2H3. The van der Waals surface area contributed by atoms with Crippen LogP contribution < -0.4 is 5.32 Å². The Morgan fingerprint density at radius 3 is 2.95 bits per heavy atom. The molecule has 6 heteroatoms. The third-order valence-corrected chi connectivity index (χ3v) is 4.31. The Labute approximate surface area is 120 Å². The lowest BCUT2D eigenvalue weighted by Gasteiger charge is -2.37. The smallest absolute Gasteiger partial charge is 0.240 e. The van der Waals surface area contributed by atoms with Crippen LogP contribution >= 0.6 is 0 Å². The third kappa shape index (κ3) is 3.77. The first-order chi connectivity index (χ1) is 9.70. The van der Waals surface area contributed by atoms with Crippen LogP contribution in [0.1, 0.15) is 24.6 Å². The molecule has 1 N–H and O–H groups in total. The minimum atomic E-state index is 0.485. The Bertz CT molecular complexity index is 431. The van der Waals surface area contributed by atoms with Crippen LogP contribution in [0.4, 0.5) is 0 Å². The quantitative estimate of drug-likeness (QED) is 0.811. The molecule has 1 saturated carbocycles. The second-order valence-corrected chi connectivity index (χ2v) is 6.28. The monoisotopic (exact) mass is 279 g/mol. The van der Waals surface area contributed by atoms with Crippen molar-refractivity contribution >= 4 is 0 Å². The maximum Gasteiger partial charge on any atom is 0.240 e. The van der Waals surface area contributed by atoms with Crippen LogP contribution in [0.5, 0.6) is 0 Å². The SMILES string of the molecule is CN1CCN(C)C(Cc2noc(CNCC3CC3)n2)C1. The highest BCUT2D eigenvalue weighted by Crippen LogP contribution is 2.27. The molecule has 0 amide bonds. The van der Waals surface area contributed by atoms with Crippen LogP contribution in [0.3, 0.4) is 0 Å². The van der Waals surface area contributed by atoms with Gasteiger partial charge >= 0.3 is 0 Å². The fraction of sp³-hybridized carbons (Fsp3) is 0.857. The van der Waals surface area contributed by atoms with Crippen molar-refractivity contribution in [2.24, 2.45) is 5.92 Å². The van der Waals surface area contributed by atoms with E-state index < -0.39 is 0 Å². The minimum absolute atomic E-state index is 0.485. The van der Waals surface area contributed by atoms with Crippen LogP contribution in [-0.2, 0) is 13.0 Å². The van der Waals surface area contributed by atoms with Gasteiger partial charge in [0.05, 0.1) is 6.54 Å². The summed E-state index contributed by atoms with van der Waals surface area (Å²) in [4.78, 5) is 9.25. The molecule has 112 valence electrons. The highest BCUT2D eigenvalue weighted by atomic mass is 16.5. The normalized spacial score (nSPS) is 25.2. The van der Waals surface area contributed by atoms with Gasteiger partial charge in [0.15, 0.2) is 5.82 Å². The number of piperazine rings is 1. The Hall–Kier alpha value is -0.980. The van der Waals surface area contributed by atoms with Crippen molar-refractivity contribution in [1.29, 1.82) is 0 Å². The van der Waals surface area contributed by atoms with Gasteiger partial charge in [-0.05, 0) is 39.4 Å². The van der Waals surface area contributed by atoms with Crippen molar-refractivity contribution < 1.29 is 4.52 Å². The molecule has 0 aromatic carbocycles. The maximum absolute atomic E-state index is 5.31. The summed E-state index contributed by atoms with van der Waals surface area (Å²) >= 11 is 0. The highest BCUT2D eigenvalue weighted by molar-refractivity contribution is 4.93. The summed E-state index contributed by atoms with van der Waals surface area (Å²) in [5.74, 6) is 2.43. The summed E-state index contributed by atoms with van der Waals surface area (Å²) in [5, 5.41) is 7.49. The topological polar surface area (TPSA) is 57.4 Å². The van der Waals surface area contributed by atoms with Gasteiger partial charge < -0.3 is 19.6 Å². The summed E-state index contributed by atoms with van der Waals surface area (Å²) in [6, 6.07) is 0.485. The molecule has 1 unspecified atom stereocenters. The van der Waals surface area contributed by atoms with Crippen molar-refractivity contribution in [3.63, 3.8) is 0 Å². The molecule has 20 heavy (non-hydrogen) atoms. The molecule has 1 aliphatic carbocycles. The lowest BCUT2D eigenvalue weighted by molar-refractivity contribution is 0.113. The predicted molar refractivity (Wildman–Crippen MR) is 76.3 cm³/mol. The summed E-state index contributed by atoms with van der Waals surface area (Å²) in [5.41, 5.74) is 0. The summed E-state index contributed by atoms with van der Waals surface area (Å²) < 4.78 is 5.31. The van der Waals surface area contributed by atoms with Gasteiger partial charge in [-0.15, -0.1) is 0 Å². The largest absolute Gasteiger partial charge is 0.338 e. The molecule has 6 nitrogen and oxygen atoms in total. The lowest BCUT2D eigenvalue weighted by Crippen LogP contribution is -2.50. The van der Waals surface area contributed by atoms with Crippen molar-refractivity contribution in [1.82, 2.24) is 25.3 Å². The first kappa shape index (κ1) is 14.0. The van der Waals surface area contributed by atoms with Gasteiger partial charge in [0, 0.05) is 32.1 Å². The van der Waals surface area contributed by atoms with E-state index in [9.17, 15) is 0 Å². The molecular formula is C14H25N5O. The molecule has 2 fully saturated rings. The van der Waals surface area contributed by atoms with Crippen molar-refractivity contribution in [3.05, 3.63) is 11.7 Å². The molecular weight excluding hydrogens is 254 g/mol. The summed E-state index contributed by atoms with van der Waals surface area (Å²) in [7, 11) is 4.35. The number of aromatic nitrogens is 2. The number of hydrogen-bond donors (Lipinski definition) is 1. The molecule has 1 aromatic heterocycles. The first-order valence-corrected chi connectivity index (χ1v) is 7.61. The van der Waals surface area contributed by atoms with Gasteiger partial charge in [-0.25, -0.2) is 0 Å². The Morgan fingerprint density at radius 1 is 1.30 bits per heavy atom. The van der Waals surface area contributed by atoms with Crippen molar-refractivity contribution in [2.75, 3.05) is 40.3 Å². The van der Waals surface area contributed by atoms with E-state index in [0.717, 1.165) is 44.3 Å². The first-order valence-electron chi connectivity index (χ1n) is 7.61. The van der Waals surface area contributed by atoms with E-state index in [1.807, 2.05) is 0 Å². The van der Waals surface area contributed by atoms with Gasteiger partial charge in [0.1, 0.15) is 0 Å². The van der Waals surface area contributed by atoms with Crippen LogP contribution in [0, 0.1) is 5.92 Å². The van der Waals surface area contributed by atoms with Crippen molar-refractivity contribution in [2.45, 2.75) is 31.8 Å². The molecule has 1 saturated heterocycles. The molecule has 1 atom stereocenters. The van der Waals surface area contributed by atoms with Gasteiger partial charge in [-0.1, -0.05) is 5.16 Å². The molecule has 2 aliphatic rings. The Balaban J connectivity index is 1.48. The molecule has 0 bridgehead atoms. The number of likely N-dealkylation sites (N-methyl/N-ethyl adjacent to an activating group) is 2. The number of nitrogens with one attached hydrogen (secondary N) is 1. The highest BCUT2D eigenvalue weighted by Gasteiger charge is 2.24. The number of rotatable bonds is 6. The van der Waals surface area contributed by atoms with E-state index in [2.05, 4.69) is 39.4 Å². The third-order valence-electron chi connectivity index (χ3n) is 4.31. The summed E-state index contributed by atoms with van der Waals surface area (Å²) in [6.45, 7) is 5.09. The number of hydrogen-bond acceptors (Lipinski definition) is 6. The van der Waals surface area contributed by atoms with Crippen LogP contribution in [0.15, 0.2) is 4.52 Å². The van der Waals surface area contributed by atoms with Crippen LogP contribution in [0.25, 0.3) is 0 Å². The second kappa shape index (κ2) is 6.20. The van der Waals surface area contributed by atoms with Gasteiger partial charge in [0.25, 0.3) is 0 Å². The fourth-order valence-electron chi connectivity index (χ4n) is 2.68. The van der Waals surface area contributed by atoms with Gasteiger partial charge in [0.2, 0.25) is 5.89 Å². The van der Waals surface area contributed by atoms with Crippen molar-refractivity contribution in [3.8, 4) is 0 Å². The minimum Gasteiger partial charge on any atom is -0.338 e. The molecule has 1 aromatic rings. The fourth-order valence-corrected chi connectivity index (χ4v) is 2.68. The van der Waals surface area contributed by atoms with E-state index in [1.165, 1.54) is 12.8 Å². The van der Waals surface area contributed by atoms with Gasteiger partial charge in [-0.3, -0.25) is 0 Å².